The van der Waals surface area contributed by atoms with Gasteiger partial charge in [-0.25, -0.2) is 28.1 Å². The number of aromatic nitrogens is 5. The van der Waals surface area contributed by atoms with Crippen molar-refractivity contribution in [2.24, 2.45) is 13.0 Å². The van der Waals surface area contributed by atoms with Gasteiger partial charge in [-0.1, -0.05) is 6.92 Å². The quantitative estimate of drug-likeness (QED) is 0.519. The van der Waals surface area contributed by atoms with Crippen molar-refractivity contribution in [1.82, 2.24) is 29.6 Å². The average Bonchev–Trinajstić information content (AvgIpc) is 3.19. The van der Waals surface area contributed by atoms with Gasteiger partial charge >= 0.3 is 6.18 Å². The van der Waals surface area contributed by atoms with Crippen LogP contribution in [0.2, 0.25) is 0 Å². The maximum atomic E-state index is 14.5. The van der Waals surface area contributed by atoms with E-state index in [0.717, 1.165) is 4.90 Å². The summed E-state index contributed by atoms with van der Waals surface area (Å²) in [7, 11) is 1.55. The van der Waals surface area contributed by atoms with Gasteiger partial charge in [0.2, 0.25) is 0 Å². The third kappa shape index (κ3) is 5.26. The summed E-state index contributed by atoms with van der Waals surface area (Å²) >= 11 is 0. The largest absolute Gasteiger partial charge is 0.417 e. The van der Waals surface area contributed by atoms with Gasteiger partial charge in [0.25, 0.3) is 11.8 Å². The lowest BCUT2D eigenvalue weighted by Crippen LogP contribution is -2.57. The molecule has 4 heterocycles. The van der Waals surface area contributed by atoms with Gasteiger partial charge in [-0.15, -0.1) is 0 Å². The number of pyridine rings is 1. The van der Waals surface area contributed by atoms with Gasteiger partial charge in [-0.2, -0.15) is 18.3 Å². The van der Waals surface area contributed by atoms with Crippen LogP contribution in [0, 0.1) is 11.7 Å². The Bertz CT molecular complexity index is 1250. The monoisotopic (exact) mass is 513 g/mol. The molecule has 8 nitrogen and oxygen atoms in total. The predicted octanol–water partition coefficient (Wildman–Crippen LogP) is 4.03. The Hall–Kier alpha value is -3.71. The molecule has 3 aromatic rings. The summed E-state index contributed by atoms with van der Waals surface area (Å²) in [5.41, 5.74) is -1.16. The summed E-state index contributed by atoms with van der Waals surface area (Å²) in [6.07, 6.45) is -0.446. The van der Waals surface area contributed by atoms with Gasteiger partial charge in [0, 0.05) is 44.8 Å². The molecule has 0 radical (unpaired) electrons. The Kier molecular flexibility index (Phi) is 6.62. The number of aryl methyl sites for hydroxylation is 1. The van der Waals surface area contributed by atoms with Crippen LogP contribution < -0.4 is 5.32 Å². The normalized spacial score (nSPS) is 19.8. The van der Waals surface area contributed by atoms with Gasteiger partial charge in [0.15, 0.2) is 23.2 Å². The molecule has 3 aromatic heterocycles. The highest BCUT2D eigenvalue weighted by atomic mass is 19.4. The maximum absolute atomic E-state index is 14.5. The molecule has 1 N–H and O–H groups in total. The van der Waals surface area contributed by atoms with Gasteiger partial charge in [-0.05, 0) is 18.1 Å². The second-order valence-corrected chi connectivity index (χ2v) is 8.61. The number of nitrogens with one attached hydrogen (secondary N) is 1. The molecule has 0 unspecified atom stereocenters. The molecular weight excluding hydrogens is 492 g/mol. The molecule has 14 heteroatoms. The molecule has 1 saturated heterocycles. The van der Waals surface area contributed by atoms with Crippen molar-refractivity contribution in [3.63, 3.8) is 0 Å². The van der Waals surface area contributed by atoms with Crippen LogP contribution in [0.3, 0.4) is 0 Å². The number of likely N-dealkylation sites (tertiary alicyclic amines) is 1. The van der Waals surface area contributed by atoms with E-state index in [0.29, 0.717) is 6.20 Å². The molecule has 36 heavy (non-hydrogen) atoms. The molecule has 1 aliphatic heterocycles. The van der Waals surface area contributed by atoms with Crippen molar-refractivity contribution in [3.05, 3.63) is 54.0 Å². The third-order valence-electron chi connectivity index (χ3n) is 5.83. The van der Waals surface area contributed by atoms with Crippen LogP contribution in [0.4, 0.5) is 32.2 Å². The molecule has 2 atom stereocenters. The minimum Gasteiger partial charge on any atom is -0.366 e. The van der Waals surface area contributed by atoms with E-state index in [1.54, 1.807) is 13.1 Å². The van der Waals surface area contributed by atoms with Gasteiger partial charge in [0.1, 0.15) is 0 Å². The van der Waals surface area contributed by atoms with Crippen molar-refractivity contribution >= 4 is 11.7 Å². The fraction of sp³-hybridized carbons (Fsp3) is 0.409. The number of hydrogen-bond donors (Lipinski definition) is 1. The molecule has 4 rings (SSSR count). The van der Waals surface area contributed by atoms with Crippen LogP contribution in [0.15, 0.2) is 36.9 Å². The highest BCUT2D eigenvalue weighted by Gasteiger charge is 2.47. The summed E-state index contributed by atoms with van der Waals surface area (Å²) in [4.78, 5) is 26.1. The van der Waals surface area contributed by atoms with Gasteiger partial charge in [-0.3, -0.25) is 9.48 Å². The molecule has 1 fully saturated rings. The number of carbonyl (C=O) groups is 1. The summed E-state index contributed by atoms with van der Waals surface area (Å²) in [6.45, 7) is 0.356. The molecule has 0 bridgehead atoms. The lowest BCUT2D eigenvalue weighted by molar-refractivity contribution is -0.138. The Balaban J connectivity index is 1.62. The number of halogens is 6. The highest BCUT2D eigenvalue weighted by molar-refractivity contribution is 5.98. The first-order valence-corrected chi connectivity index (χ1v) is 10.8. The third-order valence-corrected chi connectivity index (χ3v) is 5.83. The van der Waals surface area contributed by atoms with Crippen LogP contribution in [0.5, 0.6) is 0 Å². The van der Waals surface area contributed by atoms with E-state index in [4.69, 9.17) is 0 Å². The number of anilines is 1. The second kappa shape index (κ2) is 9.39. The number of hydrogen-bond acceptors (Lipinski definition) is 6. The van der Waals surface area contributed by atoms with E-state index in [1.807, 2.05) is 0 Å². The number of alkyl halides is 5. The smallest absolute Gasteiger partial charge is 0.366 e. The molecule has 0 saturated carbocycles. The first-order chi connectivity index (χ1) is 16.9. The minimum absolute atomic E-state index is 0.141. The van der Waals surface area contributed by atoms with Crippen molar-refractivity contribution in [2.45, 2.75) is 31.5 Å². The molecule has 0 aromatic carbocycles. The van der Waals surface area contributed by atoms with Gasteiger partial charge in [0.05, 0.1) is 23.7 Å². The zero-order valence-corrected chi connectivity index (χ0v) is 19.1. The second-order valence-electron chi connectivity index (χ2n) is 8.61. The highest BCUT2D eigenvalue weighted by Crippen LogP contribution is 2.36. The minimum atomic E-state index is -4.78. The first-order valence-electron chi connectivity index (χ1n) is 10.8. The first kappa shape index (κ1) is 25.4. The van der Waals surface area contributed by atoms with Crippen molar-refractivity contribution < 1.29 is 31.1 Å². The van der Waals surface area contributed by atoms with E-state index >= 15 is 0 Å². The molecule has 192 valence electrons. The summed E-state index contributed by atoms with van der Waals surface area (Å²) in [5.74, 6) is -6.32. The van der Waals surface area contributed by atoms with Gasteiger partial charge < -0.3 is 10.2 Å². The zero-order chi connectivity index (χ0) is 26.3. The predicted molar refractivity (Wildman–Crippen MR) is 115 cm³/mol. The van der Waals surface area contributed by atoms with E-state index in [2.05, 4.69) is 25.4 Å². The molecular formula is C22H21F6N7O. The SMILES string of the molecule is C[C@@H]1CC(F)(F)CN(C(=O)c2nn(C)cc2-c2ncccn2)[C@@H]1CNc1ncc(C(F)(F)F)cc1F. The molecule has 0 spiro atoms. The van der Waals surface area contributed by atoms with Crippen LogP contribution >= 0.6 is 0 Å². The Labute approximate surface area is 201 Å². The maximum Gasteiger partial charge on any atom is 0.417 e. The van der Waals surface area contributed by atoms with Crippen LogP contribution in [0.1, 0.15) is 29.4 Å². The standard InChI is InChI=1S/C22H21F6N7O/c1-12-7-21(24,25)11-35(16(12)9-32-19-15(23)6-13(8-31-19)22(26,27)28)20(36)17-14(10-34(2)33-17)18-29-4-3-5-30-18/h3-6,8,10,12,16H,7,9,11H2,1-2H3,(H,31,32)/t12-,16-/m1/s1. The molecule has 0 aliphatic carbocycles. The lowest BCUT2D eigenvalue weighted by atomic mass is 9.88. The van der Waals surface area contributed by atoms with E-state index in [1.165, 1.54) is 30.2 Å². The van der Waals surface area contributed by atoms with Crippen LogP contribution in [-0.2, 0) is 13.2 Å². The molecule has 1 amide bonds. The van der Waals surface area contributed by atoms with Crippen molar-refractivity contribution in [2.75, 3.05) is 18.4 Å². The number of piperidine rings is 1. The van der Waals surface area contributed by atoms with Crippen LogP contribution in [0.25, 0.3) is 11.4 Å². The van der Waals surface area contributed by atoms with Crippen molar-refractivity contribution in [3.8, 4) is 11.4 Å². The van der Waals surface area contributed by atoms with E-state index < -0.39 is 60.1 Å². The number of nitrogens with zero attached hydrogens (tertiary/aromatic N) is 6. The number of rotatable bonds is 5. The number of carbonyl (C=O) groups excluding carboxylic acids is 1. The van der Waals surface area contributed by atoms with Crippen LogP contribution in [-0.4, -0.2) is 60.6 Å². The fourth-order valence-corrected chi connectivity index (χ4v) is 4.19. The summed E-state index contributed by atoms with van der Waals surface area (Å²) in [6, 6.07) is 0.994. The average molecular weight is 513 g/mol. The summed E-state index contributed by atoms with van der Waals surface area (Å²) in [5, 5.41) is 6.70. The summed E-state index contributed by atoms with van der Waals surface area (Å²) < 4.78 is 83.0. The Morgan fingerprint density at radius 2 is 1.92 bits per heavy atom. The van der Waals surface area contributed by atoms with E-state index in [-0.39, 0.29) is 29.7 Å². The van der Waals surface area contributed by atoms with E-state index in [9.17, 15) is 31.1 Å². The zero-order valence-electron chi connectivity index (χ0n) is 19.1. The Morgan fingerprint density at radius 3 is 2.56 bits per heavy atom. The molecule has 1 aliphatic rings. The lowest BCUT2D eigenvalue weighted by Gasteiger charge is -2.43. The fourth-order valence-electron chi connectivity index (χ4n) is 4.19. The van der Waals surface area contributed by atoms with Crippen molar-refractivity contribution in [1.29, 1.82) is 0 Å². The topological polar surface area (TPSA) is 88.8 Å². The Morgan fingerprint density at radius 1 is 1.22 bits per heavy atom. The number of amides is 1.